The summed E-state index contributed by atoms with van der Waals surface area (Å²) < 4.78 is 2.29. The maximum absolute atomic E-state index is 12.4. The average molecular weight is 306 g/mol. The molecule has 5 nitrogen and oxygen atoms in total. The highest BCUT2D eigenvalue weighted by Gasteiger charge is 2.23. The first-order chi connectivity index (χ1) is 10.4. The van der Waals surface area contributed by atoms with Crippen molar-refractivity contribution in [3.63, 3.8) is 0 Å². The molecule has 1 unspecified atom stereocenters. The third-order valence-corrected chi connectivity index (χ3v) is 4.53. The molecule has 0 aromatic carbocycles. The number of carboxylic acid groups (broad SMARTS) is 1. The smallest absolute Gasteiger partial charge is 0.305 e. The van der Waals surface area contributed by atoms with Crippen molar-refractivity contribution >= 4 is 11.9 Å². The molecule has 0 bridgehead atoms. The number of aryl methyl sites for hydroxylation is 1. The number of carboxylic acids is 1. The van der Waals surface area contributed by atoms with Gasteiger partial charge in [-0.1, -0.05) is 19.3 Å². The van der Waals surface area contributed by atoms with Crippen molar-refractivity contribution in [3.05, 3.63) is 23.0 Å². The Hall–Kier alpha value is -1.78. The third kappa shape index (κ3) is 3.70. The van der Waals surface area contributed by atoms with E-state index in [1.54, 1.807) is 6.92 Å². The molecule has 1 saturated carbocycles. The number of nitrogens with one attached hydrogen (secondary N) is 1. The summed E-state index contributed by atoms with van der Waals surface area (Å²) in [6.07, 6.45) is 6.08. The highest BCUT2D eigenvalue weighted by atomic mass is 16.4. The molecular weight excluding hydrogens is 280 g/mol. The van der Waals surface area contributed by atoms with Crippen LogP contribution < -0.4 is 5.32 Å². The Balaban J connectivity index is 2.14. The number of hydrogen-bond donors (Lipinski definition) is 2. The van der Waals surface area contributed by atoms with Crippen LogP contribution in [0, 0.1) is 13.8 Å². The van der Waals surface area contributed by atoms with E-state index in [-0.39, 0.29) is 18.4 Å². The molecule has 1 amide bonds. The molecule has 0 spiro atoms. The average Bonchev–Trinajstić information content (AvgIpc) is 2.74. The normalized spacial score (nSPS) is 17.2. The monoisotopic (exact) mass is 306 g/mol. The molecule has 1 aromatic rings. The Morgan fingerprint density at radius 3 is 2.55 bits per heavy atom. The largest absolute Gasteiger partial charge is 0.481 e. The van der Waals surface area contributed by atoms with E-state index in [9.17, 15) is 9.59 Å². The van der Waals surface area contributed by atoms with Gasteiger partial charge in [0.25, 0.3) is 5.91 Å². The van der Waals surface area contributed by atoms with Crippen molar-refractivity contribution in [2.24, 2.45) is 0 Å². The van der Waals surface area contributed by atoms with Gasteiger partial charge >= 0.3 is 5.97 Å². The van der Waals surface area contributed by atoms with Gasteiger partial charge in [-0.2, -0.15) is 0 Å². The van der Waals surface area contributed by atoms with Crippen molar-refractivity contribution in [1.29, 1.82) is 0 Å². The minimum atomic E-state index is -0.902. The van der Waals surface area contributed by atoms with Gasteiger partial charge in [0.1, 0.15) is 0 Å². The van der Waals surface area contributed by atoms with Crippen LogP contribution in [0.4, 0.5) is 0 Å². The van der Waals surface area contributed by atoms with Crippen LogP contribution >= 0.6 is 0 Å². The first kappa shape index (κ1) is 16.6. The standard InChI is InChI=1S/C17H26N2O3/c1-11(9-16(20)21)18-17(22)15-10-12(2)19(13(15)3)14-7-5-4-6-8-14/h10-11,14H,4-9H2,1-3H3,(H,18,22)(H,20,21). The summed E-state index contributed by atoms with van der Waals surface area (Å²) in [5.41, 5.74) is 2.77. The Morgan fingerprint density at radius 1 is 1.32 bits per heavy atom. The predicted octanol–water partition coefficient (Wildman–Crippen LogP) is 3.20. The van der Waals surface area contributed by atoms with Crippen LogP contribution in [-0.2, 0) is 4.79 Å². The van der Waals surface area contributed by atoms with Crippen LogP contribution in [0.15, 0.2) is 6.07 Å². The summed E-state index contributed by atoms with van der Waals surface area (Å²) in [7, 11) is 0. The van der Waals surface area contributed by atoms with Gasteiger partial charge in [-0.05, 0) is 39.7 Å². The van der Waals surface area contributed by atoms with Crippen molar-refractivity contribution in [1.82, 2.24) is 9.88 Å². The summed E-state index contributed by atoms with van der Waals surface area (Å²) in [5.74, 6) is -1.08. The Labute approximate surface area is 131 Å². The van der Waals surface area contributed by atoms with Crippen LogP contribution in [0.3, 0.4) is 0 Å². The summed E-state index contributed by atoms with van der Waals surface area (Å²) in [4.78, 5) is 23.1. The summed E-state index contributed by atoms with van der Waals surface area (Å²) in [6, 6.07) is 2.04. The van der Waals surface area contributed by atoms with Gasteiger partial charge in [0.15, 0.2) is 0 Å². The molecule has 122 valence electrons. The van der Waals surface area contributed by atoms with Crippen molar-refractivity contribution in [2.75, 3.05) is 0 Å². The van der Waals surface area contributed by atoms with Gasteiger partial charge in [-0.3, -0.25) is 9.59 Å². The maximum Gasteiger partial charge on any atom is 0.305 e. The van der Waals surface area contributed by atoms with E-state index < -0.39 is 5.97 Å². The number of carbonyl (C=O) groups is 2. The van der Waals surface area contributed by atoms with Crippen molar-refractivity contribution in [3.8, 4) is 0 Å². The van der Waals surface area contributed by atoms with E-state index in [1.807, 2.05) is 19.9 Å². The third-order valence-electron chi connectivity index (χ3n) is 4.53. The molecule has 0 radical (unpaired) electrons. The number of aromatic nitrogens is 1. The number of nitrogens with zero attached hydrogens (tertiary/aromatic N) is 1. The summed E-state index contributed by atoms with van der Waals surface area (Å²) >= 11 is 0. The molecule has 1 fully saturated rings. The highest BCUT2D eigenvalue weighted by Crippen LogP contribution is 2.32. The first-order valence-corrected chi connectivity index (χ1v) is 8.11. The molecule has 1 aliphatic rings. The number of amides is 1. The quantitative estimate of drug-likeness (QED) is 0.877. The number of aliphatic carboxylic acids is 1. The van der Waals surface area contributed by atoms with Crippen molar-refractivity contribution in [2.45, 2.75) is 71.4 Å². The zero-order chi connectivity index (χ0) is 16.3. The van der Waals surface area contributed by atoms with Gasteiger partial charge in [-0.15, -0.1) is 0 Å². The maximum atomic E-state index is 12.4. The second-order valence-corrected chi connectivity index (χ2v) is 6.42. The minimum absolute atomic E-state index is 0.0624. The second kappa shape index (κ2) is 6.99. The second-order valence-electron chi connectivity index (χ2n) is 6.42. The molecule has 2 rings (SSSR count). The van der Waals surface area contributed by atoms with Gasteiger partial charge in [0.2, 0.25) is 0 Å². The van der Waals surface area contributed by atoms with Gasteiger partial charge in [0, 0.05) is 23.5 Å². The fourth-order valence-electron chi connectivity index (χ4n) is 3.52. The Kier molecular flexibility index (Phi) is 5.27. The van der Waals surface area contributed by atoms with Crippen LogP contribution in [0.2, 0.25) is 0 Å². The Bertz CT molecular complexity index is 556. The molecule has 5 heteroatoms. The van der Waals surface area contributed by atoms with E-state index in [0.29, 0.717) is 11.6 Å². The summed E-state index contributed by atoms with van der Waals surface area (Å²) in [5, 5.41) is 11.6. The van der Waals surface area contributed by atoms with E-state index in [4.69, 9.17) is 5.11 Å². The topological polar surface area (TPSA) is 71.3 Å². The van der Waals surface area contributed by atoms with E-state index in [1.165, 1.54) is 32.1 Å². The van der Waals surface area contributed by atoms with Gasteiger partial charge in [0.05, 0.1) is 12.0 Å². The SMILES string of the molecule is Cc1cc(C(=O)NC(C)CC(=O)O)c(C)n1C1CCCCC1. The number of carbonyl (C=O) groups excluding carboxylic acids is 1. The minimum Gasteiger partial charge on any atom is -0.481 e. The van der Waals surface area contributed by atoms with Crippen LogP contribution in [0.25, 0.3) is 0 Å². The molecular formula is C17H26N2O3. The van der Waals surface area contributed by atoms with Crippen LogP contribution in [-0.4, -0.2) is 27.6 Å². The lowest BCUT2D eigenvalue weighted by Crippen LogP contribution is -2.34. The zero-order valence-corrected chi connectivity index (χ0v) is 13.7. The molecule has 1 heterocycles. The highest BCUT2D eigenvalue weighted by molar-refractivity contribution is 5.96. The van der Waals surface area contributed by atoms with E-state index in [0.717, 1.165) is 11.4 Å². The van der Waals surface area contributed by atoms with Gasteiger partial charge < -0.3 is 15.0 Å². The van der Waals surface area contributed by atoms with Crippen LogP contribution in [0.1, 0.15) is 73.2 Å². The zero-order valence-electron chi connectivity index (χ0n) is 13.7. The van der Waals surface area contributed by atoms with E-state index >= 15 is 0 Å². The molecule has 0 saturated heterocycles. The predicted molar refractivity (Wildman–Crippen MR) is 85.2 cm³/mol. The lowest BCUT2D eigenvalue weighted by atomic mass is 9.95. The van der Waals surface area contributed by atoms with Crippen LogP contribution in [0.5, 0.6) is 0 Å². The molecule has 1 aromatic heterocycles. The lowest BCUT2D eigenvalue weighted by molar-refractivity contribution is -0.137. The van der Waals surface area contributed by atoms with Crippen molar-refractivity contribution < 1.29 is 14.7 Å². The number of rotatable bonds is 5. The van der Waals surface area contributed by atoms with Gasteiger partial charge in [-0.25, -0.2) is 0 Å². The molecule has 0 aliphatic heterocycles. The molecule has 2 N–H and O–H groups in total. The fraction of sp³-hybridized carbons (Fsp3) is 0.647. The summed E-state index contributed by atoms with van der Waals surface area (Å²) in [6.45, 7) is 5.74. The fourth-order valence-corrected chi connectivity index (χ4v) is 3.52. The first-order valence-electron chi connectivity index (χ1n) is 8.11. The molecule has 1 aliphatic carbocycles. The van der Waals surface area contributed by atoms with E-state index in [2.05, 4.69) is 9.88 Å². The number of hydrogen-bond acceptors (Lipinski definition) is 2. The Morgan fingerprint density at radius 2 is 1.95 bits per heavy atom. The molecule has 1 atom stereocenters. The lowest BCUT2D eigenvalue weighted by Gasteiger charge is -2.26. The molecule has 22 heavy (non-hydrogen) atoms.